The third kappa shape index (κ3) is 1.46. The lowest BCUT2D eigenvalue weighted by atomic mass is 10.1. The van der Waals surface area contributed by atoms with Gasteiger partial charge in [-0.1, -0.05) is 36.4 Å². The number of carbonyl (C=O) groups is 2. The van der Waals surface area contributed by atoms with Gasteiger partial charge in [0.15, 0.2) is 0 Å². The molecule has 0 spiro atoms. The Balaban J connectivity index is 2.21. The van der Waals surface area contributed by atoms with Crippen molar-refractivity contribution in [3.8, 4) is 0 Å². The Morgan fingerprint density at radius 3 is 2.50 bits per heavy atom. The Bertz CT molecular complexity index is 646. The van der Waals surface area contributed by atoms with Crippen molar-refractivity contribution in [2.24, 2.45) is 0 Å². The van der Waals surface area contributed by atoms with Crippen LogP contribution < -0.4 is 10.2 Å². The third-order valence-electron chi connectivity index (χ3n) is 3.14. The molecule has 4 nitrogen and oxygen atoms in total. The predicted molar refractivity (Wildman–Crippen MR) is 69.4 cm³/mol. The molecular weight excluding hydrogens is 228 g/mol. The lowest BCUT2D eigenvalue weighted by molar-refractivity contribution is -0.117. The molecule has 1 aliphatic heterocycles. The summed E-state index contributed by atoms with van der Waals surface area (Å²) < 4.78 is 0. The van der Waals surface area contributed by atoms with Crippen molar-refractivity contribution >= 4 is 28.4 Å². The molecule has 1 atom stereocenters. The maximum Gasteiger partial charge on any atom is 0.329 e. The average molecular weight is 240 g/mol. The molecule has 3 amide bonds. The number of urea groups is 1. The van der Waals surface area contributed by atoms with E-state index in [0.717, 1.165) is 10.8 Å². The van der Waals surface area contributed by atoms with Gasteiger partial charge in [0.25, 0.3) is 5.91 Å². The first-order chi connectivity index (χ1) is 8.68. The van der Waals surface area contributed by atoms with Crippen LogP contribution in [0.4, 0.5) is 10.5 Å². The number of hydrogen-bond donors (Lipinski definition) is 1. The summed E-state index contributed by atoms with van der Waals surface area (Å²) in [6.07, 6.45) is 0. The van der Waals surface area contributed by atoms with Gasteiger partial charge in [-0.25, -0.2) is 9.69 Å². The minimum atomic E-state index is -0.462. The summed E-state index contributed by atoms with van der Waals surface area (Å²) in [6.45, 7) is 1.69. The number of anilines is 1. The largest absolute Gasteiger partial charge is 0.329 e. The van der Waals surface area contributed by atoms with Crippen LogP contribution in [0.5, 0.6) is 0 Å². The fourth-order valence-corrected chi connectivity index (χ4v) is 2.24. The van der Waals surface area contributed by atoms with Gasteiger partial charge >= 0.3 is 6.03 Å². The molecule has 2 aromatic carbocycles. The normalized spacial score (nSPS) is 19.4. The SMILES string of the molecule is C[C@@H]1NC(=O)N(c2cccc3ccccc23)C1=O. The van der Waals surface area contributed by atoms with Gasteiger partial charge in [0.05, 0.1) is 5.69 Å². The molecule has 18 heavy (non-hydrogen) atoms. The predicted octanol–water partition coefficient (Wildman–Crippen LogP) is 2.28. The second-order valence-electron chi connectivity index (χ2n) is 4.34. The van der Waals surface area contributed by atoms with Crippen LogP contribution in [0.2, 0.25) is 0 Å². The average Bonchev–Trinajstić information content (AvgIpc) is 2.63. The summed E-state index contributed by atoms with van der Waals surface area (Å²) in [5, 5.41) is 4.53. The number of hydrogen-bond acceptors (Lipinski definition) is 2. The van der Waals surface area contributed by atoms with Crippen molar-refractivity contribution in [2.75, 3.05) is 4.90 Å². The summed E-state index contributed by atoms with van der Waals surface area (Å²) in [6, 6.07) is 12.5. The van der Waals surface area contributed by atoms with E-state index in [9.17, 15) is 9.59 Å². The van der Waals surface area contributed by atoms with Crippen LogP contribution in [0.1, 0.15) is 6.92 Å². The minimum Gasteiger partial charge on any atom is -0.326 e. The van der Waals surface area contributed by atoms with Crippen molar-refractivity contribution in [1.82, 2.24) is 5.32 Å². The van der Waals surface area contributed by atoms with Gasteiger partial charge in [0.2, 0.25) is 0 Å². The minimum absolute atomic E-state index is 0.212. The molecule has 1 heterocycles. The number of amides is 3. The van der Waals surface area contributed by atoms with E-state index in [1.807, 2.05) is 36.4 Å². The van der Waals surface area contributed by atoms with Crippen molar-refractivity contribution in [2.45, 2.75) is 13.0 Å². The zero-order chi connectivity index (χ0) is 12.7. The quantitative estimate of drug-likeness (QED) is 0.777. The number of rotatable bonds is 1. The Hall–Kier alpha value is -2.36. The Kier molecular flexibility index (Phi) is 2.30. The first-order valence-electron chi connectivity index (χ1n) is 5.81. The third-order valence-corrected chi connectivity index (χ3v) is 3.14. The lowest BCUT2D eigenvalue weighted by Gasteiger charge is -2.15. The van der Waals surface area contributed by atoms with E-state index >= 15 is 0 Å². The smallest absolute Gasteiger partial charge is 0.326 e. The molecule has 3 rings (SSSR count). The molecule has 0 saturated carbocycles. The van der Waals surface area contributed by atoms with E-state index in [0.29, 0.717) is 5.69 Å². The molecular formula is C14H12N2O2. The summed E-state index contributed by atoms with van der Waals surface area (Å²) in [5.41, 5.74) is 0.639. The van der Waals surface area contributed by atoms with Crippen LogP contribution in [0.3, 0.4) is 0 Å². The molecule has 1 N–H and O–H groups in total. The molecule has 2 aromatic rings. The highest BCUT2D eigenvalue weighted by atomic mass is 16.2. The van der Waals surface area contributed by atoms with Crippen LogP contribution in [0, 0.1) is 0 Å². The van der Waals surface area contributed by atoms with E-state index in [1.165, 1.54) is 4.90 Å². The Morgan fingerprint density at radius 1 is 1.06 bits per heavy atom. The fraction of sp³-hybridized carbons (Fsp3) is 0.143. The van der Waals surface area contributed by atoms with Gasteiger partial charge in [0.1, 0.15) is 6.04 Å². The Morgan fingerprint density at radius 2 is 1.78 bits per heavy atom. The standard InChI is InChI=1S/C14H12N2O2/c1-9-13(17)16(14(18)15-9)12-8-4-6-10-5-2-3-7-11(10)12/h2-9H,1H3,(H,15,18)/t9-/m0/s1. The van der Waals surface area contributed by atoms with Gasteiger partial charge < -0.3 is 5.32 Å². The molecule has 90 valence electrons. The summed E-state index contributed by atoms with van der Waals surface area (Å²) in [5.74, 6) is -0.212. The highest BCUT2D eigenvalue weighted by Crippen LogP contribution is 2.28. The summed E-state index contributed by atoms with van der Waals surface area (Å²) >= 11 is 0. The number of carbonyl (C=O) groups excluding carboxylic acids is 2. The summed E-state index contributed by atoms with van der Waals surface area (Å²) in [7, 11) is 0. The highest BCUT2D eigenvalue weighted by molar-refractivity contribution is 6.24. The molecule has 1 fully saturated rings. The molecule has 0 unspecified atom stereocenters. The van der Waals surface area contributed by atoms with Gasteiger partial charge in [-0.2, -0.15) is 0 Å². The number of benzene rings is 2. The second kappa shape index (κ2) is 3.84. The van der Waals surface area contributed by atoms with Crippen molar-refractivity contribution in [3.05, 3.63) is 42.5 Å². The molecule has 0 aliphatic carbocycles. The lowest BCUT2D eigenvalue weighted by Crippen LogP contribution is -2.31. The molecule has 0 aromatic heterocycles. The number of nitrogens with one attached hydrogen (secondary N) is 1. The monoisotopic (exact) mass is 240 g/mol. The maximum atomic E-state index is 12.0. The van der Waals surface area contributed by atoms with E-state index in [2.05, 4.69) is 5.32 Å². The van der Waals surface area contributed by atoms with Crippen molar-refractivity contribution < 1.29 is 9.59 Å². The van der Waals surface area contributed by atoms with Crippen LogP contribution in [-0.2, 0) is 4.79 Å². The van der Waals surface area contributed by atoms with Crippen molar-refractivity contribution in [1.29, 1.82) is 0 Å². The Labute approximate surface area is 104 Å². The second-order valence-corrected chi connectivity index (χ2v) is 4.34. The maximum absolute atomic E-state index is 12.0. The first-order valence-corrected chi connectivity index (χ1v) is 5.81. The zero-order valence-electron chi connectivity index (χ0n) is 9.88. The highest BCUT2D eigenvalue weighted by Gasteiger charge is 2.36. The van der Waals surface area contributed by atoms with Crippen LogP contribution >= 0.6 is 0 Å². The fourth-order valence-electron chi connectivity index (χ4n) is 2.24. The molecule has 1 aliphatic rings. The topological polar surface area (TPSA) is 49.4 Å². The number of fused-ring (bicyclic) bond motifs is 1. The number of imide groups is 1. The van der Waals surface area contributed by atoms with Gasteiger partial charge in [-0.15, -0.1) is 0 Å². The van der Waals surface area contributed by atoms with E-state index in [1.54, 1.807) is 13.0 Å². The van der Waals surface area contributed by atoms with Crippen LogP contribution in [0.15, 0.2) is 42.5 Å². The van der Waals surface area contributed by atoms with Gasteiger partial charge in [-0.3, -0.25) is 4.79 Å². The molecule has 0 bridgehead atoms. The first kappa shape index (κ1) is 10.8. The molecule has 4 heteroatoms. The zero-order valence-corrected chi connectivity index (χ0v) is 9.88. The van der Waals surface area contributed by atoms with E-state index < -0.39 is 6.04 Å². The van der Waals surface area contributed by atoms with Crippen LogP contribution in [0.25, 0.3) is 10.8 Å². The van der Waals surface area contributed by atoms with Crippen molar-refractivity contribution in [3.63, 3.8) is 0 Å². The molecule has 1 saturated heterocycles. The van der Waals surface area contributed by atoms with E-state index in [4.69, 9.17) is 0 Å². The van der Waals surface area contributed by atoms with Gasteiger partial charge in [0, 0.05) is 5.39 Å². The van der Waals surface area contributed by atoms with Gasteiger partial charge in [-0.05, 0) is 18.4 Å². The number of nitrogens with zero attached hydrogens (tertiary/aromatic N) is 1. The van der Waals surface area contributed by atoms with Crippen LogP contribution in [-0.4, -0.2) is 18.0 Å². The molecule has 0 radical (unpaired) electrons. The van der Waals surface area contributed by atoms with E-state index in [-0.39, 0.29) is 11.9 Å². The summed E-state index contributed by atoms with van der Waals surface area (Å²) in [4.78, 5) is 25.1.